The molecule has 94 valence electrons. The minimum absolute atomic E-state index is 0.00594. The summed E-state index contributed by atoms with van der Waals surface area (Å²) < 4.78 is 4.89. The van der Waals surface area contributed by atoms with Gasteiger partial charge in [-0.3, -0.25) is 10.1 Å². The van der Waals surface area contributed by atoms with Crippen molar-refractivity contribution in [2.24, 2.45) is 0 Å². The van der Waals surface area contributed by atoms with Crippen LogP contribution in [0.5, 0.6) is 0 Å². The van der Waals surface area contributed by atoms with Crippen molar-refractivity contribution in [3.63, 3.8) is 0 Å². The minimum Gasteiger partial charge on any atom is -0.383 e. The number of nitrogens with zero attached hydrogens (tertiary/aromatic N) is 1. The van der Waals surface area contributed by atoms with Crippen LogP contribution in [0.15, 0.2) is 0 Å². The SMILES string of the molecule is COCCN(C(=O)NC(=O)C(C)Cl)C(C)C. The number of hydrogen-bond acceptors (Lipinski definition) is 3. The molecule has 0 saturated heterocycles. The monoisotopic (exact) mass is 250 g/mol. The third kappa shape index (κ3) is 5.32. The van der Waals surface area contributed by atoms with Gasteiger partial charge in [-0.25, -0.2) is 4.79 Å². The first-order valence-electron chi connectivity index (χ1n) is 5.14. The van der Waals surface area contributed by atoms with Crippen LogP contribution in [0.4, 0.5) is 4.79 Å². The number of nitrogens with one attached hydrogen (secondary N) is 1. The first-order valence-corrected chi connectivity index (χ1v) is 5.58. The number of carbonyl (C=O) groups excluding carboxylic acids is 2. The van der Waals surface area contributed by atoms with Crippen molar-refractivity contribution in [1.29, 1.82) is 0 Å². The molecular weight excluding hydrogens is 232 g/mol. The number of hydrogen-bond donors (Lipinski definition) is 1. The van der Waals surface area contributed by atoms with E-state index in [9.17, 15) is 9.59 Å². The quantitative estimate of drug-likeness (QED) is 0.746. The van der Waals surface area contributed by atoms with Crippen molar-refractivity contribution in [2.75, 3.05) is 20.3 Å². The zero-order valence-corrected chi connectivity index (χ0v) is 10.9. The van der Waals surface area contributed by atoms with Crippen LogP contribution in [0.3, 0.4) is 0 Å². The molecule has 0 aliphatic rings. The van der Waals surface area contributed by atoms with Crippen molar-refractivity contribution in [2.45, 2.75) is 32.2 Å². The topological polar surface area (TPSA) is 58.6 Å². The molecule has 0 aliphatic heterocycles. The second kappa shape index (κ2) is 7.46. The van der Waals surface area contributed by atoms with Gasteiger partial charge in [0, 0.05) is 19.7 Å². The summed E-state index contributed by atoms with van der Waals surface area (Å²) >= 11 is 5.55. The van der Waals surface area contributed by atoms with Gasteiger partial charge in [-0.1, -0.05) is 0 Å². The van der Waals surface area contributed by atoms with Crippen molar-refractivity contribution < 1.29 is 14.3 Å². The number of rotatable bonds is 5. The van der Waals surface area contributed by atoms with Gasteiger partial charge in [0.1, 0.15) is 5.38 Å². The number of urea groups is 1. The molecule has 5 nitrogen and oxygen atoms in total. The maximum Gasteiger partial charge on any atom is 0.324 e. The van der Waals surface area contributed by atoms with E-state index in [0.29, 0.717) is 13.2 Å². The van der Waals surface area contributed by atoms with Crippen LogP contribution in [-0.4, -0.2) is 48.5 Å². The van der Waals surface area contributed by atoms with Crippen LogP contribution in [0, 0.1) is 0 Å². The fraction of sp³-hybridized carbons (Fsp3) is 0.800. The van der Waals surface area contributed by atoms with Crippen LogP contribution < -0.4 is 5.32 Å². The third-order valence-electron chi connectivity index (χ3n) is 2.01. The van der Waals surface area contributed by atoms with Crippen molar-refractivity contribution in [3.8, 4) is 0 Å². The summed E-state index contributed by atoms with van der Waals surface area (Å²) in [4.78, 5) is 24.4. The number of amides is 3. The van der Waals surface area contributed by atoms with Crippen LogP contribution in [0.2, 0.25) is 0 Å². The smallest absolute Gasteiger partial charge is 0.324 e. The van der Waals surface area contributed by atoms with Crippen molar-refractivity contribution in [3.05, 3.63) is 0 Å². The lowest BCUT2D eigenvalue weighted by Gasteiger charge is -2.26. The minimum atomic E-state index is -0.722. The molecule has 0 rings (SSSR count). The normalized spacial score (nSPS) is 12.4. The molecule has 0 bridgehead atoms. The summed E-state index contributed by atoms with van der Waals surface area (Å²) in [6.07, 6.45) is 0. The summed E-state index contributed by atoms with van der Waals surface area (Å²) in [7, 11) is 1.56. The lowest BCUT2D eigenvalue weighted by Crippen LogP contribution is -2.48. The maximum absolute atomic E-state index is 11.7. The Morgan fingerprint density at radius 2 is 1.94 bits per heavy atom. The average molecular weight is 251 g/mol. The summed E-state index contributed by atoms with van der Waals surface area (Å²) in [6.45, 7) is 6.10. The first kappa shape index (κ1) is 15.2. The Morgan fingerprint density at radius 3 is 2.31 bits per heavy atom. The van der Waals surface area contributed by atoms with Gasteiger partial charge in [-0.05, 0) is 20.8 Å². The van der Waals surface area contributed by atoms with E-state index < -0.39 is 17.3 Å². The van der Waals surface area contributed by atoms with E-state index in [2.05, 4.69) is 5.32 Å². The van der Waals surface area contributed by atoms with Crippen LogP contribution in [0.1, 0.15) is 20.8 Å². The van der Waals surface area contributed by atoms with E-state index in [1.165, 1.54) is 11.8 Å². The van der Waals surface area contributed by atoms with E-state index >= 15 is 0 Å². The molecule has 0 aromatic heterocycles. The van der Waals surface area contributed by atoms with Gasteiger partial charge < -0.3 is 9.64 Å². The highest BCUT2D eigenvalue weighted by atomic mass is 35.5. The van der Waals surface area contributed by atoms with Gasteiger partial charge in [-0.15, -0.1) is 11.6 Å². The Labute approximate surface area is 101 Å². The van der Waals surface area contributed by atoms with E-state index in [-0.39, 0.29) is 6.04 Å². The molecule has 1 atom stereocenters. The number of imide groups is 1. The number of halogens is 1. The molecule has 0 spiro atoms. The van der Waals surface area contributed by atoms with Crippen LogP contribution >= 0.6 is 11.6 Å². The Hall–Kier alpha value is -0.810. The highest BCUT2D eigenvalue weighted by molar-refractivity contribution is 6.31. The first-order chi connectivity index (χ1) is 7.40. The predicted molar refractivity (Wildman–Crippen MR) is 62.6 cm³/mol. The summed E-state index contributed by atoms with van der Waals surface area (Å²) in [6, 6.07) is -0.446. The highest BCUT2D eigenvalue weighted by Gasteiger charge is 2.20. The van der Waals surface area contributed by atoms with E-state index in [0.717, 1.165) is 0 Å². The number of carbonyl (C=O) groups is 2. The maximum atomic E-state index is 11.7. The Morgan fingerprint density at radius 1 is 1.38 bits per heavy atom. The second-order valence-electron chi connectivity index (χ2n) is 3.69. The molecule has 0 fully saturated rings. The fourth-order valence-corrected chi connectivity index (χ4v) is 1.12. The molecule has 16 heavy (non-hydrogen) atoms. The average Bonchev–Trinajstić information content (AvgIpc) is 2.17. The van der Waals surface area contributed by atoms with Gasteiger partial charge >= 0.3 is 6.03 Å². The van der Waals surface area contributed by atoms with Gasteiger partial charge in [0.15, 0.2) is 0 Å². The van der Waals surface area contributed by atoms with E-state index in [4.69, 9.17) is 16.3 Å². The molecule has 6 heteroatoms. The fourth-order valence-electron chi connectivity index (χ4n) is 1.06. The standard InChI is InChI=1S/C10H19ClN2O3/c1-7(2)13(5-6-16-4)10(15)12-9(14)8(3)11/h7-8H,5-6H2,1-4H3,(H,12,14,15). The van der Waals surface area contributed by atoms with Crippen LogP contribution in [-0.2, 0) is 9.53 Å². The number of methoxy groups -OCH3 is 1. The van der Waals surface area contributed by atoms with Gasteiger partial charge in [0.2, 0.25) is 5.91 Å². The molecule has 0 radical (unpaired) electrons. The molecule has 1 N–H and O–H groups in total. The Balaban J connectivity index is 4.33. The molecule has 3 amide bonds. The molecule has 0 aromatic carbocycles. The highest BCUT2D eigenvalue weighted by Crippen LogP contribution is 2.00. The summed E-state index contributed by atoms with van der Waals surface area (Å²) in [5.41, 5.74) is 0. The molecule has 0 aromatic rings. The number of ether oxygens (including phenoxy) is 1. The Kier molecular flexibility index (Phi) is 7.08. The van der Waals surface area contributed by atoms with Gasteiger partial charge in [0.25, 0.3) is 0 Å². The summed E-state index contributed by atoms with van der Waals surface area (Å²) in [5.74, 6) is -0.491. The molecular formula is C10H19ClN2O3. The Bertz CT molecular complexity index is 244. The van der Waals surface area contributed by atoms with E-state index in [1.54, 1.807) is 7.11 Å². The van der Waals surface area contributed by atoms with Crippen molar-refractivity contribution in [1.82, 2.24) is 10.2 Å². The van der Waals surface area contributed by atoms with Gasteiger partial charge in [-0.2, -0.15) is 0 Å². The van der Waals surface area contributed by atoms with Crippen molar-refractivity contribution >= 4 is 23.5 Å². The lowest BCUT2D eigenvalue weighted by atomic mass is 10.3. The zero-order chi connectivity index (χ0) is 12.7. The summed E-state index contributed by atoms with van der Waals surface area (Å²) in [5, 5.41) is 1.51. The molecule has 1 unspecified atom stereocenters. The predicted octanol–water partition coefficient (Wildman–Crippen LogP) is 1.21. The van der Waals surface area contributed by atoms with Gasteiger partial charge in [0.05, 0.1) is 6.61 Å². The molecule has 0 heterocycles. The van der Waals surface area contributed by atoms with E-state index in [1.807, 2.05) is 13.8 Å². The largest absolute Gasteiger partial charge is 0.383 e. The molecule has 0 saturated carbocycles. The lowest BCUT2D eigenvalue weighted by molar-refractivity contribution is -0.119. The van der Waals surface area contributed by atoms with Crippen LogP contribution in [0.25, 0.3) is 0 Å². The second-order valence-corrected chi connectivity index (χ2v) is 4.35. The zero-order valence-electron chi connectivity index (χ0n) is 10.1. The number of alkyl halides is 1. The molecule has 0 aliphatic carbocycles. The third-order valence-corrected chi connectivity index (χ3v) is 2.21.